The third kappa shape index (κ3) is 4.65. The van der Waals surface area contributed by atoms with Gasteiger partial charge in [-0.05, 0) is 31.2 Å². The quantitative estimate of drug-likeness (QED) is 0.449. The van der Waals surface area contributed by atoms with E-state index >= 15 is 0 Å². The second kappa shape index (κ2) is 8.81. The molecule has 1 fully saturated rings. The Morgan fingerprint density at radius 3 is 2.35 bits per heavy atom. The van der Waals surface area contributed by atoms with E-state index in [0.29, 0.717) is 23.8 Å². The lowest BCUT2D eigenvalue weighted by atomic mass is 10.2. The Hall–Kier alpha value is -2.69. The number of thioether (sulfide) groups is 1. The molecule has 1 aliphatic heterocycles. The number of aromatic amines is 1. The molecule has 162 valence electrons. The van der Waals surface area contributed by atoms with Crippen LogP contribution in [-0.2, 0) is 14.8 Å². The molecule has 0 saturated carbocycles. The first-order chi connectivity index (χ1) is 14.8. The number of fused-ring (bicyclic) bond motifs is 1. The Morgan fingerprint density at radius 1 is 1.03 bits per heavy atom. The second-order valence-corrected chi connectivity index (χ2v) is 10.1. The molecule has 1 N–H and O–H groups in total. The summed E-state index contributed by atoms with van der Waals surface area (Å²) < 4.78 is 27.1. The Labute approximate surface area is 184 Å². The molecule has 4 rings (SSSR count). The fraction of sp³-hybridized carbons (Fsp3) is 0.286. The van der Waals surface area contributed by atoms with E-state index in [1.165, 1.54) is 47.3 Å². The van der Waals surface area contributed by atoms with E-state index in [1.807, 2.05) is 24.3 Å². The molecule has 2 heterocycles. The minimum atomic E-state index is -3.66. The van der Waals surface area contributed by atoms with E-state index in [4.69, 9.17) is 0 Å². The van der Waals surface area contributed by atoms with Crippen molar-refractivity contribution in [2.75, 3.05) is 31.9 Å². The number of benzene rings is 2. The first-order valence-electron chi connectivity index (χ1n) is 9.81. The fourth-order valence-corrected chi connectivity index (χ4v) is 5.62. The first-order valence-corrected chi connectivity index (χ1v) is 12.2. The summed E-state index contributed by atoms with van der Waals surface area (Å²) in [5.74, 6) is 0.0731. The van der Waals surface area contributed by atoms with Gasteiger partial charge in [0.1, 0.15) is 0 Å². The molecule has 8 nitrogen and oxygen atoms in total. The normalized spacial score (nSPS) is 15.3. The zero-order chi connectivity index (χ0) is 22.0. The number of carbonyl (C=O) groups is 2. The molecule has 1 aliphatic rings. The molecule has 0 unspecified atom stereocenters. The zero-order valence-corrected chi connectivity index (χ0v) is 18.6. The number of Topliss-reactive ketones (excluding diaryl/α,β-unsaturated/α-hetero) is 1. The number of ketones is 1. The van der Waals surface area contributed by atoms with Crippen LogP contribution in [0.25, 0.3) is 11.0 Å². The van der Waals surface area contributed by atoms with Crippen LogP contribution in [0.1, 0.15) is 17.3 Å². The van der Waals surface area contributed by atoms with Gasteiger partial charge in [0.15, 0.2) is 10.9 Å². The van der Waals surface area contributed by atoms with Gasteiger partial charge in [-0.25, -0.2) is 13.4 Å². The molecular formula is C21H22N4O4S2. The molecule has 0 radical (unpaired) electrons. The van der Waals surface area contributed by atoms with Gasteiger partial charge in [-0.1, -0.05) is 36.0 Å². The minimum Gasteiger partial charge on any atom is -0.339 e. The first kappa shape index (κ1) is 21.5. The summed E-state index contributed by atoms with van der Waals surface area (Å²) in [6.45, 7) is 2.58. The molecule has 0 aliphatic carbocycles. The van der Waals surface area contributed by atoms with Crippen molar-refractivity contribution in [3.63, 3.8) is 0 Å². The molecule has 3 aromatic rings. The molecule has 1 amide bonds. The van der Waals surface area contributed by atoms with Crippen molar-refractivity contribution >= 4 is 44.5 Å². The van der Waals surface area contributed by atoms with E-state index < -0.39 is 10.0 Å². The lowest BCUT2D eigenvalue weighted by Crippen LogP contribution is -2.50. The molecule has 1 aromatic heterocycles. The van der Waals surface area contributed by atoms with E-state index in [2.05, 4.69) is 9.97 Å². The van der Waals surface area contributed by atoms with Crippen LogP contribution in [0.3, 0.4) is 0 Å². The number of sulfonamides is 1. The van der Waals surface area contributed by atoms with Crippen LogP contribution in [0.2, 0.25) is 0 Å². The van der Waals surface area contributed by atoms with Crippen LogP contribution in [0, 0.1) is 0 Å². The van der Waals surface area contributed by atoms with E-state index in [1.54, 1.807) is 4.90 Å². The number of nitrogens with zero attached hydrogens (tertiary/aromatic N) is 3. The van der Waals surface area contributed by atoms with Crippen LogP contribution in [0.5, 0.6) is 0 Å². The lowest BCUT2D eigenvalue weighted by molar-refractivity contribution is -0.129. The highest BCUT2D eigenvalue weighted by molar-refractivity contribution is 7.99. The van der Waals surface area contributed by atoms with Gasteiger partial charge in [-0.3, -0.25) is 9.59 Å². The van der Waals surface area contributed by atoms with E-state index in [9.17, 15) is 18.0 Å². The number of carbonyl (C=O) groups excluding carboxylic acids is 2. The highest BCUT2D eigenvalue weighted by Crippen LogP contribution is 2.21. The maximum atomic E-state index is 12.9. The van der Waals surface area contributed by atoms with Crippen LogP contribution < -0.4 is 0 Å². The van der Waals surface area contributed by atoms with E-state index in [-0.39, 0.29) is 35.4 Å². The molecule has 0 bridgehead atoms. The maximum Gasteiger partial charge on any atom is 0.243 e. The predicted octanol–water partition coefficient (Wildman–Crippen LogP) is 2.39. The molecule has 2 aromatic carbocycles. The Kier molecular flexibility index (Phi) is 6.12. The molecule has 31 heavy (non-hydrogen) atoms. The number of para-hydroxylation sites is 2. The highest BCUT2D eigenvalue weighted by atomic mass is 32.2. The number of imidazole rings is 1. The summed E-state index contributed by atoms with van der Waals surface area (Å²) in [6.07, 6.45) is 0. The minimum absolute atomic E-state index is 0.0479. The van der Waals surface area contributed by atoms with E-state index in [0.717, 1.165) is 11.0 Å². The van der Waals surface area contributed by atoms with Crippen molar-refractivity contribution in [3.05, 3.63) is 54.1 Å². The van der Waals surface area contributed by atoms with Gasteiger partial charge in [0, 0.05) is 31.7 Å². The zero-order valence-electron chi connectivity index (χ0n) is 16.9. The topological polar surface area (TPSA) is 103 Å². The summed E-state index contributed by atoms with van der Waals surface area (Å²) in [4.78, 5) is 33.4. The number of rotatable bonds is 6. The summed E-state index contributed by atoms with van der Waals surface area (Å²) in [7, 11) is -3.66. The highest BCUT2D eigenvalue weighted by Gasteiger charge is 2.30. The summed E-state index contributed by atoms with van der Waals surface area (Å²) in [6, 6.07) is 13.6. The smallest absolute Gasteiger partial charge is 0.243 e. The van der Waals surface area contributed by atoms with Gasteiger partial charge in [0.05, 0.1) is 21.7 Å². The van der Waals surface area contributed by atoms with Gasteiger partial charge in [0.25, 0.3) is 0 Å². The van der Waals surface area contributed by atoms with Crippen molar-refractivity contribution < 1.29 is 18.0 Å². The molecule has 0 spiro atoms. The molecule has 0 atom stereocenters. The second-order valence-electron chi connectivity index (χ2n) is 7.21. The van der Waals surface area contributed by atoms with Crippen molar-refractivity contribution in [1.29, 1.82) is 0 Å². The van der Waals surface area contributed by atoms with Crippen LogP contribution in [-0.4, -0.2) is 71.2 Å². The summed E-state index contributed by atoms with van der Waals surface area (Å²) in [5.41, 5.74) is 2.25. The molecule has 1 saturated heterocycles. The van der Waals surface area contributed by atoms with Crippen LogP contribution in [0.15, 0.2) is 58.6 Å². The number of aromatic nitrogens is 2. The molecular weight excluding hydrogens is 436 g/mol. The van der Waals surface area contributed by atoms with Gasteiger partial charge < -0.3 is 9.88 Å². The maximum absolute atomic E-state index is 12.9. The standard InChI is InChI=1S/C21H22N4O4S2/c1-15(26)16-6-8-17(9-7-16)31(28,29)25-12-10-24(11-13-25)20(27)14-30-21-22-18-4-2-3-5-19(18)23-21/h2-9H,10-14H2,1H3,(H,22,23). The number of hydrogen-bond donors (Lipinski definition) is 1. The number of hydrogen-bond acceptors (Lipinski definition) is 6. The number of piperazine rings is 1. The lowest BCUT2D eigenvalue weighted by Gasteiger charge is -2.34. The monoisotopic (exact) mass is 458 g/mol. The van der Waals surface area contributed by atoms with Crippen LogP contribution in [0.4, 0.5) is 0 Å². The molecule has 10 heteroatoms. The number of amides is 1. The Morgan fingerprint density at radius 2 is 1.71 bits per heavy atom. The Bertz CT molecular complexity index is 1180. The van der Waals surface area contributed by atoms with Crippen molar-refractivity contribution in [2.45, 2.75) is 17.0 Å². The Balaban J connectivity index is 1.33. The van der Waals surface area contributed by atoms with Crippen molar-refractivity contribution in [2.24, 2.45) is 0 Å². The fourth-order valence-electron chi connectivity index (χ4n) is 3.41. The SMILES string of the molecule is CC(=O)c1ccc(S(=O)(=O)N2CCN(C(=O)CSc3nc4ccccc4[nH]3)CC2)cc1. The number of H-pyrrole nitrogens is 1. The third-order valence-corrected chi connectivity index (χ3v) is 7.96. The van der Waals surface area contributed by atoms with Gasteiger partial charge in [-0.2, -0.15) is 4.31 Å². The van der Waals surface area contributed by atoms with Crippen molar-refractivity contribution in [1.82, 2.24) is 19.2 Å². The summed E-state index contributed by atoms with van der Waals surface area (Å²) >= 11 is 1.34. The average Bonchev–Trinajstić information content (AvgIpc) is 3.20. The largest absolute Gasteiger partial charge is 0.339 e. The average molecular weight is 459 g/mol. The number of nitrogens with one attached hydrogen (secondary N) is 1. The van der Waals surface area contributed by atoms with Crippen LogP contribution >= 0.6 is 11.8 Å². The predicted molar refractivity (Wildman–Crippen MR) is 119 cm³/mol. The summed E-state index contributed by atoms with van der Waals surface area (Å²) in [5, 5.41) is 0.685. The van der Waals surface area contributed by atoms with Gasteiger partial charge in [-0.15, -0.1) is 0 Å². The van der Waals surface area contributed by atoms with Crippen molar-refractivity contribution in [3.8, 4) is 0 Å². The van der Waals surface area contributed by atoms with Gasteiger partial charge in [0.2, 0.25) is 15.9 Å². The third-order valence-electron chi connectivity index (χ3n) is 5.19. The van der Waals surface area contributed by atoms with Gasteiger partial charge >= 0.3 is 0 Å².